The maximum atomic E-state index is 12.8. The fourth-order valence-electron chi connectivity index (χ4n) is 2.88. The maximum absolute atomic E-state index is 12.8. The lowest BCUT2D eigenvalue weighted by Gasteiger charge is -2.26. The summed E-state index contributed by atoms with van der Waals surface area (Å²) in [7, 11) is 0.220. The third-order valence-electron chi connectivity index (χ3n) is 4.30. The van der Waals surface area contributed by atoms with Crippen molar-refractivity contribution in [1.29, 1.82) is 0 Å². The van der Waals surface area contributed by atoms with Crippen LogP contribution in [0.15, 0.2) is 23.1 Å². The first kappa shape index (κ1) is 16.3. The molecule has 2 N–H and O–H groups in total. The molecule has 5 nitrogen and oxygen atoms in total. The average molecular weight is 311 g/mol. The van der Waals surface area contributed by atoms with Gasteiger partial charge in [0.25, 0.3) is 0 Å². The van der Waals surface area contributed by atoms with Crippen molar-refractivity contribution < 1.29 is 8.42 Å². The molecule has 1 fully saturated rings. The number of likely N-dealkylation sites (N-methyl/N-ethyl adjacent to an activating group) is 2. The van der Waals surface area contributed by atoms with Crippen molar-refractivity contribution in [2.75, 3.05) is 32.9 Å². The summed E-state index contributed by atoms with van der Waals surface area (Å²) in [6, 6.07) is 5.43. The molecule has 1 aliphatic heterocycles. The van der Waals surface area contributed by atoms with Crippen molar-refractivity contribution in [3.8, 4) is 0 Å². The van der Waals surface area contributed by atoms with Crippen molar-refractivity contribution in [2.45, 2.75) is 37.1 Å². The fourth-order valence-corrected chi connectivity index (χ4v) is 4.41. The number of rotatable bonds is 5. The highest BCUT2D eigenvalue weighted by Crippen LogP contribution is 2.24. The van der Waals surface area contributed by atoms with Crippen LogP contribution in [0.25, 0.3) is 0 Å². The summed E-state index contributed by atoms with van der Waals surface area (Å²) in [4.78, 5) is 2.57. The molecular weight excluding hydrogens is 286 g/mol. The molecule has 1 aromatic carbocycles. The van der Waals surface area contributed by atoms with Gasteiger partial charge in [-0.25, -0.2) is 8.42 Å². The van der Waals surface area contributed by atoms with Gasteiger partial charge in [-0.2, -0.15) is 4.31 Å². The van der Waals surface area contributed by atoms with Gasteiger partial charge in [0.05, 0.1) is 4.90 Å². The van der Waals surface area contributed by atoms with Crippen molar-refractivity contribution >= 4 is 15.7 Å². The van der Waals surface area contributed by atoms with E-state index in [4.69, 9.17) is 5.73 Å². The zero-order valence-electron chi connectivity index (χ0n) is 13.0. The Balaban J connectivity index is 2.26. The van der Waals surface area contributed by atoms with Crippen LogP contribution in [0, 0.1) is 0 Å². The average Bonchev–Trinajstić information content (AvgIpc) is 2.84. The highest BCUT2D eigenvalue weighted by atomic mass is 32.2. The van der Waals surface area contributed by atoms with Gasteiger partial charge in [-0.3, -0.25) is 0 Å². The molecule has 0 aliphatic carbocycles. The van der Waals surface area contributed by atoms with Gasteiger partial charge in [0, 0.05) is 25.3 Å². The Kier molecular flexibility index (Phi) is 4.91. The summed E-state index contributed by atoms with van der Waals surface area (Å²) < 4.78 is 27.1. The van der Waals surface area contributed by atoms with E-state index in [0.717, 1.165) is 24.9 Å². The number of anilines is 1. The Morgan fingerprint density at radius 3 is 2.71 bits per heavy atom. The molecule has 1 saturated heterocycles. The molecule has 1 aromatic rings. The largest absolute Gasteiger partial charge is 0.399 e. The molecular formula is C15H25N3O2S. The van der Waals surface area contributed by atoms with Crippen LogP contribution in [0.2, 0.25) is 0 Å². The molecule has 6 heteroatoms. The van der Waals surface area contributed by atoms with E-state index in [-0.39, 0.29) is 0 Å². The number of nitrogens with zero attached hydrogens (tertiary/aromatic N) is 2. The van der Waals surface area contributed by atoms with Crippen LogP contribution in [0.4, 0.5) is 5.69 Å². The lowest BCUT2D eigenvalue weighted by atomic mass is 10.1. The smallest absolute Gasteiger partial charge is 0.243 e. The van der Waals surface area contributed by atoms with Crippen molar-refractivity contribution in [2.24, 2.45) is 0 Å². The van der Waals surface area contributed by atoms with E-state index >= 15 is 0 Å². The van der Waals surface area contributed by atoms with Gasteiger partial charge < -0.3 is 10.6 Å². The number of nitrogen functional groups attached to an aromatic ring is 1. The molecule has 0 amide bonds. The molecule has 1 atom stereocenters. The molecule has 0 saturated carbocycles. The fraction of sp³-hybridized carbons (Fsp3) is 0.600. The summed E-state index contributed by atoms with van der Waals surface area (Å²) >= 11 is 0. The Bertz CT molecular complexity index is 601. The number of hydrogen-bond acceptors (Lipinski definition) is 4. The summed E-state index contributed by atoms with van der Waals surface area (Å²) in [5.74, 6) is 0. The van der Waals surface area contributed by atoms with Crippen molar-refractivity contribution in [3.63, 3.8) is 0 Å². The Hall–Kier alpha value is -1.11. The molecule has 1 unspecified atom stereocenters. The normalized spacial score (nSPS) is 20.3. The second-order valence-corrected chi connectivity index (χ2v) is 7.80. The standard InChI is InChI=1S/C15H25N3O2S/c1-4-12-7-8-13(16)10-15(12)21(19,20)18(3)11-14-6-5-9-17(14)2/h7-8,10,14H,4-6,9,11,16H2,1-3H3. The van der Waals surface area contributed by atoms with Crippen LogP contribution in [0.5, 0.6) is 0 Å². The molecule has 118 valence electrons. The van der Waals surface area contributed by atoms with Gasteiger partial charge in [0.15, 0.2) is 0 Å². The van der Waals surface area contributed by atoms with Crippen LogP contribution >= 0.6 is 0 Å². The number of hydrogen-bond donors (Lipinski definition) is 1. The first-order chi connectivity index (χ1) is 9.86. The second-order valence-electron chi connectivity index (χ2n) is 5.78. The molecule has 0 radical (unpaired) electrons. The Labute approximate surface area is 127 Å². The van der Waals surface area contributed by atoms with Gasteiger partial charge >= 0.3 is 0 Å². The minimum absolute atomic E-state index is 0.302. The van der Waals surface area contributed by atoms with Crippen molar-refractivity contribution in [3.05, 3.63) is 23.8 Å². The predicted octanol–water partition coefficient (Wildman–Crippen LogP) is 1.55. The molecule has 0 bridgehead atoms. The molecule has 21 heavy (non-hydrogen) atoms. The maximum Gasteiger partial charge on any atom is 0.243 e. The minimum Gasteiger partial charge on any atom is -0.399 e. The van der Waals surface area contributed by atoms with Crippen LogP contribution < -0.4 is 5.73 Å². The number of nitrogens with two attached hydrogens (primary N) is 1. The quantitative estimate of drug-likeness (QED) is 0.838. The third kappa shape index (κ3) is 3.39. The molecule has 1 aliphatic rings. The van der Waals surface area contributed by atoms with Crippen molar-refractivity contribution in [1.82, 2.24) is 9.21 Å². The number of sulfonamides is 1. The van der Waals surface area contributed by atoms with E-state index in [1.54, 1.807) is 25.2 Å². The van der Waals surface area contributed by atoms with Gasteiger partial charge in [0.2, 0.25) is 10.0 Å². The van der Waals surface area contributed by atoms with E-state index in [2.05, 4.69) is 11.9 Å². The van der Waals surface area contributed by atoms with Gasteiger partial charge in [-0.05, 0) is 50.6 Å². The number of likely N-dealkylation sites (tertiary alicyclic amines) is 1. The lowest BCUT2D eigenvalue weighted by Crippen LogP contribution is -2.39. The molecule has 0 spiro atoms. The summed E-state index contributed by atoms with van der Waals surface area (Å²) in [5.41, 5.74) is 7.07. The molecule has 1 heterocycles. The summed E-state index contributed by atoms with van der Waals surface area (Å²) in [6.07, 6.45) is 2.85. The zero-order valence-corrected chi connectivity index (χ0v) is 13.9. The van der Waals surface area contributed by atoms with E-state index < -0.39 is 10.0 Å². The van der Waals surface area contributed by atoms with E-state index in [0.29, 0.717) is 29.6 Å². The SMILES string of the molecule is CCc1ccc(N)cc1S(=O)(=O)N(C)CC1CCCN1C. The predicted molar refractivity (Wildman–Crippen MR) is 85.7 cm³/mol. The topological polar surface area (TPSA) is 66.6 Å². The highest BCUT2D eigenvalue weighted by molar-refractivity contribution is 7.89. The van der Waals surface area contributed by atoms with Crippen LogP contribution in [-0.4, -0.2) is 50.8 Å². The lowest BCUT2D eigenvalue weighted by molar-refractivity contribution is 0.271. The summed E-state index contributed by atoms with van der Waals surface area (Å²) in [5, 5.41) is 0. The minimum atomic E-state index is -3.49. The van der Waals surface area contributed by atoms with Crippen LogP contribution in [0.1, 0.15) is 25.3 Å². The third-order valence-corrected chi connectivity index (χ3v) is 6.21. The second kappa shape index (κ2) is 6.34. The van der Waals surface area contributed by atoms with Gasteiger partial charge in [-0.15, -0.1) is 0 Å². The van der Waals surface area contributed by atoms with E-state index in [1.165, 1.54) is 4.31 Å². The van der Waals surface area contributed by atoms with E-state index in [1.807, 2.05) is 6.92 Å². The molecule has 2 rings (SSSR count). The highest BCUT2D eigenvalue weighted by Gasteiger charge is 2.29. The zero-order chi connectivity index (χ0) is 15.6. The first-order valence-electron chi connectivity index (χ1n) is 7.41. The van der Waals surface area contributed by atoms with E-state index in [9.17, 15) is 8.42 Å². The van der Waals surface area contributed by atoms with Gasteiger partial charge in [0.1, 0.15) is 0 Å². The Morgan fingerprint density at radius 2 is 2.14 bits per heavy atom. The first-order valence-corrected chi connectivity index (χ1v) is 8.85. The summed E-state index contributed by atoms with van der Waals surface area (Å²) in [6.45, 7) is 3.52. The number of aryl methyl sites for hydroxylation is 1. The number of benzene rings is 1. The van der Waals surface area contributed by atoms with Gasteiger partial charge in [-0.1, -0.05) is 13.0 Å². The molecule has 0 aromatic heterocycles. The Morgan fingerprint density at radius 1 is 1.43 bits per heavy atom. The van der Waals surface area contributed by atoms with Crippen LogP contribution in [0.3, 0.4) is 0 Å². The van der Waals surface area contributed by atoms with Crippen LogP contribution in [-0.2, 0) is 16.4 Å². The monoisotopic (exact) mass is 311 g/mol.